The van der Waals surface area contributed by atoms with Gasteiger partial charge in [0.25, 0.3) is 6.47 Å². The number of halogens is 1. The van der Waals surface area contributed by atoms with Crippen molar-refractivity contribution in [2.24, 2.45) is 0 Å². The minimum Gasteiger partial charge on any atom is -0.424 e. The second-order valence-corrected chi connectivity index (χ2v) is 3.84. The molecule has 0 amide bonds. The molecule has 76 valence electrons. The number of hydrogen-bond donors (Lipinski definition) is 0. The van der Waals surface area contributed by atoms with E-state index in [4.69, 9.17) is 16.3 Å². The fourth-order valence-corrected chi connectivity index (χ4v) is 2.21. The Balaban J connectivity index is 2.49. The van der Waals surface area contributed by atoms with E-state index in [-0.39, 0.29) is 5.15 Å². The quantitative estimate of drug-likeness (QED) is 0.773. The third-order valence-electron chi connectivity index (χ3n) is 1.81. The molecule has 0 aliphatic carbocycles. The molecule has 0 spiro atoms. The molecule has 1 aromatic heterocycles. The van der Waals surface area contributed by atoms with E-state index in [1.807, 2.05) is 30.3 Å². The molecule has 0 fully saturated rings. The van der Waals surface area contributed by atoms with Crippen LogP contribution in [0.4, 0.5) is 0 Å². The van der Waals surface area contributed by atoms with Crippen molar-refractivity contribution in [2.75, 3.05) is 0 Å². The van der Waals surface area contributed by atoms with Gasteiger partial charge in [-0.05, 0) is 17.1 Å². The van der Waals surface area contributed by atoms with E-state index < -0.39 is 0 Å². The molecule has 5 heteroatoms. The molecule has 3 nitrogen and oxygen atoms in total. The lowest BCUT2D eigenvalue weighted by atomic mass is 10.2. The summed E-state index contributed by atoms with van der Waals surface area (Å²) in [6, 6.07) is 9.51. The zero-order chi connectivity index (χ0) is 10.7. The highest BCUT2D eigenvalue weighted by atomic mass is 35.5. The van der Waals surface area contributed by atoms with Crippen LogP contribution in [0.5, 0.6) is 5.75 Å². The highest BCUT2D eigenvalue weighted by molar-refractivity contribution is 7.10. The average molecular weight is 240 g/mol. The molecule has 0 bridgehead atoms. The highest BCUT2D eigenvalue weighted by Gasteiger charge is 2.14. The molecule has 0 unspecified atom stereocenters. The molecule has 0 aliphatic heterocycles. The third-order valence-corrected chi connectivity index (χ3v) is 3.05. The van der Waals surface area contributed by atoms with Crippen molar-refractivity contribution in [3.63, 3.8) is 0 Å². The molecule has 2 rings (SSSR count). The summed E-state index contributed by atoms with van der Waals surface area (Å²) >= 11 is 6.99. The molecule has 0 saturated carbocycles. The predicted octanol–water partition coefficient (Wildman–Crippen LogP) is 3.00. The van der Waals surface area contributed by atoms with Crippen molar-refractivity contribution >= 4 is 29.6 Å². The Bertz CT molecular complexity index is 470. The molecule has 0 N–H and O–H groups in total. The van der Waals surface area contributed by atoms with Gasteiger partial charge >= 0.3 is 0 Å². The van der Waals surface area contributed by atoms with E-state index in [0.717, 1.165) is 10.4 Å². The van der Waals surface area contributed by atoms with Gasteiger partial charge in [-0.1, -0.05) is 41.9 Å². The summed E-state index contributed by atoms with van der Waals surface area (Å²) < 4.78 is 8.73. The maximum atomic E-state index is 10.3. The standard InChI is InChI=1S/C10H6ClNO2S/c11-10-8(14-6-13)9(15-12-10)7-4-2-1-3-5-7/h1-6H. The molecule has 1 heterocycles. The number of carbonyl (C=O) groups is 1. The largest absolute Gasteiger partial charge is 0.424 e. The number of ether oxygens (including phenoxy) is 1. The van der Waals surface area contributed by atoms with Gasteiger partial charge < -0.3 is 4.74 Å². The van der Waals surface area contributed by atoms with Crippen LogP contribution in [0.2, 0.25) is 5.15 Å². The highest BCUT2D eigenvalue weighted by Crippen LogP contribution is 2.39. The maximum absolute atomic E-state index is 10.3. The first kappa shape index (κ1) is 10.1. The minimum atomic E-state index is 0.214. The molecule has 2 aromatic rings. The van der Waals surface area contributed by atoms with Gasteiger partial charge in [0.15, 0.2) is 10.9 Å². The molecule has 1 aromatic carbocycles. The Hall–Kier alpha value is -1.39. The lowest BCUT2D eigenvalue weighted by molar-refractivity contribution is -0.120. The Labute approximate surface area is 95.4 Å². The van der Waals surface area contributed by atoms with Crippen LogP contribution in [0.1, 0.15) is 0 Å². The first-order valence-corrected chi connectivity index (χ1v) is 5.29. The summed E-state index contributed by atoms with van der Waals surface area (Å²) in [4.78, 5) is 11.1. The van der Waals surface area contributed by atoms with Crippen molar-refractivity contribution in [1.82, 2.24) is 4.37 Å². The molecule has 0 aliphatic rings. The van der Waals surface area contributed by atoms with Crippen molar-refractivity contribution < 1.29 is 9.53 Å². The van der Waals surface area contributed by atoms with Gasteiger partial charge in [0.2, 0.25) is 0 Å². The zero-order valence-corrected chi connectivity index (χ0v) is 9.09. The van der Waals surface area contributed by atoms with Crippen LogP contribution < -0.4 is 4.74 Å². The van der Waals surface area contributed by atoms with Crippen LogP contribution in [0.25, 0.3) is 10.4 Å². The van der Waals surface area contributed by atoms with Gasteiger partial charge in [0.05, 0.1) is 4.88 Å². The zero-order valence-electron chi connectivity index (χ0n) is 7.51. The van der Waals surface area contributed by atoms with Gasteiger partial charge in [-0.25, -0.2) is 0 Å². The Kier molecular flexibility index (Phi) is 2.99. The summed E-state index contributed by atoms with van der Waals surface area (Å²) in [5.74, 6) is 0.322. The molecule has 15 heavy (non-hydrogen) atoms. The van der Waals surface area contributed by atoms with Crippen molar-refractivity contribution in [3.05, 3.63) is 35.5 Å². The number of hydrogen-bond acceptors (Lipinski definition) is 4. The van der Waals surface area contributed by atoms with Gasteiger partial charge in [0, 0.05) is 0 Å². The van der Waals surface area contributed by atoms with Crippen LogP contribution in [-0.2, 0) is 4.79 Å². The summed E-state index contributed by atoms with van der Waals surface area (Å²) in [5.41, 5.74) is 0.929. The Morgan fingerprint density at radius 1 is 1.33 bits per heavy atom. The maximum Gasteiger partial charge on any atom is 0.298 e. The number of carbonyl (C=O) groups excluding carboxylic acids is 1. The third kappa shape index (κ3) is 2.00. The van der Waals surface area contributed by atoms with Crippen LogP contribution in [-0.4, -0.2) is 10.8 Å². The van der Waals surface area contributed by atoms with Crippen LogP contribution >= 0.6 is 23.1 Å². The minimum absolute atomic E-state index is 0.214. The number of aromatic nitrogens is 1. The van der Waals surface area contributed by atoms with Gasteiger partial charge in [-0.15, -0.1) is 0 Å². The van der Waals surface area contributed by atoms with E-state index >= 15 is 0 Å². The van der Waals surface area contributed by atoms with E-state index in [1.54, 1.807) is 0 Å². The number of rotatable bonds is 3. The predicted molar refractivity (Wildman–Crippen MR) is 59.3 cm³/mol. The lowest BCUT2D eigenvalue weighted by Gasteiger charge is -1.99. The van der Waals surface area contributed by atoms with Gasteiger partial charge in [0.1, 0.15) is 0 Å². The Morgan fingerprint density at radius 2 is 2.07 bits per heavy atom. The first-order chi connectivity index (χ1) is 7.33. The summed E-state index contributed by atoms with van der Waals surface area (Å²) in [6.45, 7) is 0.349. The SMILES string of the molecule is O=COc1c(Cl)nsc1-c1ccccc1. The fraction of sp³-hybridized carbons (Fsp3) is 0. The van der Waals surface area contributed by atoms with Crippen molar-refractivity contribution in [2.45, 2.75) is 0 Å². The molecular weight excluding hydrogens is 234 g/mol. The van der Waals surface area contributed by atoms with Crippen LogP contribution in [0.3, 0.4) is 0 Å². The molecule has 0 atom stereocenters. The van der Waals surface area contributed by atoms with E-state index in [0.29, 0.717) is 12.2 Å². The molecule has 0 saturated heterocycles. The number of nitrogens with zero attached hydrogens (tertiary/aromatic N) is 1. The molecular formula is C10H6ClNO2S. The van der Waals surface area contributed by atoms with Gasteiger partial charge in [-0.3, -0.25) is 4.79 Å². The topological polar surface area (TPSA) is 39.2 Å². The summed E-state index contributed by atoms with van der Waals surface area (Å²) in [6.07, 6.45) is 0. The van der Waals surface area contributed by atoms with Crippen molar-refractivity contribution in [3.8, 4) is 16.2 Å². The van der Waals surface area contributed by atoms with Crippen LogP contribution in [0, 0.1) is 0 Å². The normalized spacial score (nSPS) is 9.93. The van der Waals surface area contributed by atoms with E-state index in [9.17, 15) is 4.79 Å². The number of benzene rings is 1. The van der Waals surface area contributed by atoms with E-state index in [1.165, 1.54) is 11.5 Å². The summed E-state index contributed by atoms with van der Waals surface area (Å²) in [7, 11) is 0. The van der Waals surface area contributed by atoms with E-state index in [2.05, 4.69) is 4.37 Å². The first-order valence-electron chi connectivity index (χ1n) is 4.14. The average Bonchev–Trinajstić information content (AvgIpc) is 2.63. The monoisotopic (exact) mass is 239 g/mol. The second kappa shape index (κ2) is 4.42. The summed E-state index contributed by atoms with van der Waals surface area (Å²) in [5, 5.41) is 0.214. The lowest BCUT2D eigenvalue weighted by Crippen LogP contribution is -1.88. The van der Waals surface area contributed by atoms with Crippen molar-refractivity contribution in [1.29, 1.82) is 0 Å². The van der Waals surface area contributed by atoms with Crippen LogP contribution in [0.15, 0.2) is 30.3 Å². The van der Waals surface area contributed by atoms with Gasteiger partial charge in [-0.2, -0.15) is 4.37 Å². The Morgan fingerprint density at radius 3 is 2.73 bits per heavy atom. The second-order valence-electron chi connectivity index (χ2n) is 2.71. The smallest absolute Gasteiger partial charge is 0.298 e. The molecule has 0 radical (unpaired) electrons. The fourth-order valence-electron chi connectivity index (χ4n) is 1.19.